The van der Waals surface area contributed by atoms with E-state index in [0.29, 0.717) is 17.6 Å². The van der Waals surface area contributed by atoms with E-state index in [1.165, 1.54) is 32.1 Å². The second-order valence-electron chi connectivity index (χ2n) is 8.94. The molecule has 146 valence electrons. The summed E-state index contributed by atoms with van der Waals surface area (Å²) in [4.78, 5) is 21.8. The Morgan fingerprint density at radius 1 is 1.30 bits per heavy atom. The van der Waals surface area contributed by atoms with E-state index in [0.717, 1.165) is 55.2 Å². The first-order valence-electron chi connectivity index (χ1n) is 10.6. The van der Waals surface area contributed by atoms with E-state index in [9.17, 15) is 4.79 Å². The van der Waals surface area contributed by atoms with Crippen molar-refractivity contribution in [2.24, 2.45) is 5.92 Å². The fraction of sp³-hybridized carbons (Fsp3) is 0.714. The molecule has 6 nitrogen and oxygen atoms in total. The summed E-state index contributed by atoms with van der Waals surface area (Å²) in [6, 6.07) is 4.84. The minimum Gasteiger partial charge on any atom is -0.294 e. The molecule has 6 heteroatoms. The van der Waals surface area contributed by atoms with Gasteiger partial charge in [-0.25, -0.2) is 5.48 Å². The molecule has 1 amide bonds. The quantitative estimate of drug-likeness (QED) is 0.615. The summed E-state index contributed by atoms with van der Waals surface area (Å²) < 4.78 is 0. The Kier molecular flexibility index (Phi) is 4.45. The lowest BCUT2D eigenvalue weighted by atomic mass is 9.92. The third-order valence-corrected chi connectivity index (χ3v) is 7.40. The molecule has 0 spiro atoms. The highest BCUT2D eigenvalue weighted by atomic mass is 16.5. The van der Waals surface area contributed by atoms with Crippen LogP contribution in [0.4, 0.5) is 0 Å². The normalized spacial score (nSPS) is 33.3. The molecule has 2 aliphatic carbocycles. The van der Waals surface area contributed by atoms with Crippen molar-refractivity contribution < 1.29 is 10.0 Å². The molecule has 1 aromatic heterocycles. The highest BCUT2D eigenvalue weighted by molar-refractivity contribution is 5.93. The van der Waals surface area contributed by atoms with Crippen molar-refractivity contribution in [2.75, 3.05) is 6.54 Å². The van der Waals surface area contributed by atoms with Crippen molar-refractivity contribution in [3.63, 3.8) is 0 Å². The largest absolute Gasteiger partial charge is 0.294 e. The fourth-order valence-corrected chi connectivity index (χ4v) is 5.92. The van der Waals surface area contributed by atoms with Gasteiger partial charge in [-0.3, -0.25) is 24.8 Å². The van der Waals surface area contributed by atoms with Gasteiger partial charge in [0.15, 0.2) is 0 Å². The van der Waals surface area contributed by atoms with Gasteiger partial charge >= 0.3 is 0 Å². The number of nitrogens with one attached hydrogen (secondary N) is 1. The molecule has 2 aliphatic heterocycles. The number of piperidine rings is 1. The lowest BCUT2D eigenvalue weighted by Gasteiger charge is -2.43. The van der Waals surface area contributed by atoms with E-state index in [1.807, 2.05) is 6.07 Å². The van der Waals surface area contributed by atoms with Crippen LogP contribution in [0.3, 0.4) is 0 Å². The number of hydroxylamine groups is 1. The maximum atomic E-state index is 11.8. The van der Waals surface area contributed by atoms with Gasteiger partial charge in [0.1, 0.15) is 0 Å². The van der Waals surface area contributed by atoms with Gasteiger partial charge in [0.2, 0.25) is 0 Å². The number of nitrogens with zero attached hydrogens (tertiary/aromatic N) is 3. The molecule has 2 N–H and O–H groups in total. The molecule has 5 rings (SSSR count). The summed E-state index contributed by atoms with van der Waals surface area (Å²) in [7, 11) is 0. The van der Waals surface area contributed by atoms with Crippen LogP contribution in [-0.2, 0) is 13.0 Å². The monoisotopic (exact) mass is 370 g/mol. The third-order valence-electron chi connectivity index (χ3n) is 7.40. The predicted molar refractivity (Wildman–Crippen MR) is 101 cm³/mol. The lowest BCUT2D eigenvalue weighted by molar-refractivity contribution is 0.0625. The van der Waals surface area contributed by atoms with Crippen LogP contribution in [0, 0.1) is 5.92 Å². The first-order valence-corrected chi connectivity index (χ1v) is 10.6. The fourth-order valence-electron chi connectivity index (χ4n) is 5.92. The standard InChI is InChI=1S/C21H30N4O2/c1-2-16-9-19-15(7-14(10-22-19)21(26)23-27)11-24(16)12-20-13-3-4-18(8-13)25(20)17-5-6-17/h7,10,13,16-18,20,27H,2-6,8-9,11-12H2,1H3,(H,23,26)/t13?,16-,18?,20-/m0/s1. The number of amides is 1. The summed E-state index contributed by atoms with van der Waals surface area (Å²) in [6.45, 7) is 4.28. The SMILES string of the molecule is CC[C@H]1Cc2ncc(C(=O)NO)cc2CN1C[C@H]1C2CCC(C2)N1C1CC1. The van der Waals surface area contributed by atoms with Crippen molar-refractivity contribution in [3.05, 3.63) is 29.1 Å². The number of aromatic nitrogens is 1. The van der Waals surface area contributed by atoms with Crippen molar-refractivity contribution in [1.82, 2.24) is 20.3 Å². The number of hydrogen-bond acceptors (Lipinski definition) is 5. The molecule has 1 saturated heterocycles. The number of pyridine rings is 1. The zero-order valence-corrected chi connectivity index (χ0v) is 16.1. The van der Waals surface area contributed by atoms with Crippen LogP contribution in [0.2, 0.25) is 0 Å². The van der Waals surface area contributed by atoms with E-state index in [2.05, 4.69) is 21.7 Å². The van der Waals surface area contributed by atoms with Gasteiger partial charge in [0.25, 0.3) is 5.91 Å². The number of fused-ring (bicyclic) bond motifs is 3. The Balaban J connectivity index is 1.37. The molecule has 3 fully saturated rings. The average molecular weight is 370 g/mol. The maximum absolute atomic E-state index is 11.8. The minimum absolute atomic E-state index is 0.436. The first kappa shape index (κ1) is 17.6. The maximum Gasteiger partial charge on any atom is 0.276 e. The van der Waals surface area contributed by atoms with Gasteiger partial charge in [-0.15, -0.1) is 0 Å². The van der Waals surface area contributed by atoms with Crippen LogP contribution in [0.5, 0.6) is 0 Å². The van der Waals surface area contributed by atoms with Gasteiger partial charge in [-0.05, 0) is 56.1 Å². The van der Waals surface area contributed by atoms with Crippen LogP contribution in [0.15, 0.2) is 12.3 Å². The molecule has 4 atom stereocenters. The van der Waals surface area contributed by atoms with Crippen LogP contribution in [0.1, 0.15) is 67.1 Å². The second-order valence-corrected chi connectivity index (χ2v) is 8.94. The molecule has 27 heavy (non-hydrogen) atoms. The summed E-state index contributed by atoms with van der Waals surface area (Å²) in [5, 5.41) is 8.92. The van der Waals surface area contributed by atoms with E-state index >= 15 is 0 Å². The highest BCUT2D eigenvalue weighted by Gasteiger charge is 2.51. The van der Waals surface area contributed by atoms with Gasteiger partial charge in [-0.1, -0.05) is 6.92 Å². The van der Waals surface area contributed by atoms with Crippen molar-refractivity contribution >= 4 is 5.91 Å². The van der Waals surface area contributed by atoms with Crippen LogP contribution < -0.4 is 5.48 Å². The van der Waals surface area contributed by atoms with Crippen LogP contribution >= 0.6 is 0 Å². The van der Waals surface area contributed by atoms with Gasteiger partial charge < -0.3 is 0 Å². The molecule has 0 aromatic carbocycles. The topological polar surface area (TPSA) is 68.7 Å². The second kappa shape index (κ2) is 6.83. The Hall–Kier alpha value is -1.50. The molecular weight excluding hydrogens is 340 g/mol. The number of hydrogen-bond donors (Lipinski definition) is 2. The molecule has 2 saturated carbocycles. The Labute approximate surface area is 160 Å². The van der Waals surface area contributed by atoms with Gasteiger partial charge in [-0.2, -0.15) is 0 Å². The number of carbonyl (C=O) groups excluding carboxylic acids is 1. The van der Waals surface area contributed by atoms with E-state index in [4.69, 9.17) is 5.21 Å². The third kappa shape index (κ3) is 3.08. The molecule has 0 radical (unpaired) electrons. The zero-order valence-electron chi connectivity index (χ0n) is 16.1. The first-order chi connectivity index (χ1) is 13.2. The minimum atomic E-state index is -0.484. The molecule has 4 aliphatic rings. The summed E-state index contributed by atoms with van der Waals surface area (Å²) in [5.74, 6) is 0.390. The van der Waals surface area contributed by atoms with Gasteiger partial charge in [0, 0.05) is 55.6 Å². The smallest absolute Gasteiger partial charge is 0.276 e. The predicted octanol–water partition coefficient (Wildman–Crippen LogP) is 2.35. The molecule has 2 bridgehead atoms. The number of carbonyl (C=O) groups is 1. The molecule has 3 heterocycles. The lowest BCUT2D eigenvalue weighted by Crippen LogP contribution is -2.52. The van der Waals surface area contributed by atoms with E-state index in [-0.39, 0.29) is 0 Å². The van der Waals surface area contributed by atoms with E-state index < -0.39 is 5.91 Å². The zero-order chi connectivity index (χ0) is 18.5. The van der Waals surface area contributed by atoms with Crippen molar-refractivity contribution in [1.29, 1.82) is 0 Å². The Morgan fingerprint density at radius 2 is 2.11 bits per heavy atom. The molecule has 1 aromatic rings. The van der Waals surface area contributed by atoms with Crippen molar-refractivity contribution in [3.8, 4) is 0 Å². The van der Waals surface area contributed by atoms with Crippen molar-refractivity contribution in [2.45, 2.75) is 82.6 Å². The van der Waals surface area contributed by atoms with Crippen LogP contribution in [-0.4, -0.2) is 56.6 Å². The van der Waals surface area contributed by atoms with Crippen LogP contribution in [0.25, 0.3) is 0 Å². The van der Waals surface area contributed by atoms with E-state index in [1.54, 1.807) is 11.7 Å². The Morgan fingerprint density at radius 3 is 2.85 bits per heavy atom. The van der Waals surface area contributed by atoms with Gasteiger partial charge in [0.05, 0.1) is 5.56 Å². The number of likely N-dealkylation sites (tertiary alicyclic amines) is 1. The summed E-state index contributed by atoms with van der Waals surface area (Å²) in [5.41, 5.74) is 4.41. The average Bonchev–Trinajstić information content (AvgIpc) is 3.34. The Bertz CT molecular complexity index is 735. The summed E-state index contributed by atoms with van der Waals surface area (Å²) in [6.07, 6.45) is 10.7. The number of rotatable bonds is 5. The highest BCUT2D eigenvalue weighted by Crippen LogP contribution is 2.48. The molecular formula is C21H30N4O2. The summed E-state index contributed by atoms with van der Waals surface area (Å²) >= 11 is 0. The molecule has 2 unspecified atom stereocenters.